The molecule has 0 spiro atoms. The van der Waals surface area contributed by atoms with Crippen LogP contribution in [-0.2, 0) is 0 Å². The van der Waals surface area contributed by atoms with Crippen LogP contribution in [0.2, 0.25) is 0 Å². The second-order valence-electron chi connectivity index (χ2n) is 2.67. The van der Waals surface area contributed by atoms with Gasteiger partial charge in [-0.25, -0.2) is 0 Å². The van der Waals surface area contributed by atoms with Crippen molar-refractivity contribution in [3.05, 3.63) is 0 Å². The summed E-state index contributed by atoms with van der Waals surface area (Å²) in [6, 6.07) is -0.105. The summed E-state index contributed by atoms with van der Waals surface area (Å²) in [5.74, 6) is 0.153. The lowest BCUT2D eigenvalue weighted by Gasteiger charge is -2.23. The van der Waals surface area contributed by atoms with Gasteiger partial charge in [-0.15, -0.1) is 0 Å². The molecule has 0 fully saturated rings. The molecule has 0 aromatic rings. The van der Waals surface area contributed by atoms with E-state index >= 15 is 0 Å². The van der Waals surface area contributed by atoms with E-state index in [1.165, 1.54) is 0 Å². The van der Waals surface area contributed by atoms with E-state index in [1.807, 2.05) is 6.92 Å². The summed E-state index contributed by atoms with van der Waals surface area (Å²) in [6.45, 7) is 2.89. The Kier molecular flexibility index (Phi) is 4.55. The molecule has 0 aromatic heterocycles. The van der Waals surface area contributed by atoms with Crippen molar-refractivity contribution in [2.45, 2.75) is 19.0 Å². The highest BCUT2D eigenvalue weighted by Crippen LogP contribution is 1.99. The van der Waals surface area contributed by atoms with Gasteiger partial charge in [-0.1, -0.05) is 0 Å². The van der Waals surface area contributed by atoms with Crippen LogP contribution in [0.25, 0.3) is 0 Å². The predicted molar refractivity (Wildman–Crippen MR) is 43.2 cm³/mol. The third-order valence-electron chi connectivity index (χ3n) is 1.76. The summed E-state index contributed by atoms with van der Waals surface area (Å²) >= 11 is 0. The average Bonchev–Trinajstić information content (AvgIpc) is 1.90. The molecule has 0 aromatic carbocycles. The van der Waals surface area contributed by atoms with Crippen molar-refractivity contribution in [1.82, 2.24) is 0 Å². The molecule has 0 aliphatic rings. The SMILES string of the molecule is CC(N)C(N)C(CN)CN. The highest BCUT2D eigenvalue weighted by atomic mass is 14.8. The Morgan fingerprint density at radius 3 is 1.60 bits per heavy atom. The number of hydrogen-bond donors (Lipinski definition) is 4. The van der Waals surface area contributed by atoms with E-state index < -0.39 is 0 Å². The van der Waals surface area contributed by atoms with Gasteiger partial charge in [0, 0.05) is 12.1 Å². The summed E-state index contributed by atoms with van der Waals surface area (Å²) in [6.07, 6.45) is 0. The largest absolute Gasteiger partial charge is 0.330 e. The van der Waals surface area contributed by atoms with Gasteiger partial charge in [0.15, 0.2) is 0 Å². The van der Waals surface area contributed by atoms with Crippen LogP contribution in [0, 0.1) is 5.92 Å². The van der Waals surface area contributed by atoms with E-state index in [2.05, 4.69) is 0 Å². The first-order chi connectivity index (χ1) is 4.63. The molecule has 62 valence electrons. The summed E-state index contributed by atoms with van der Waals surface area (Å²) in [7, 11) is 0. The Hall–Kier alpha value is -0.160. The normalized spacial score (nSPS) is 17.4. The zero-order valence-electron chi connectivity index (χ0n) is 6.46. The maximum Gasteiger partial charge on any atom is 0.0242 e. The fraction of sp³-hybridized carbons (Fsp3) is 1.00. The second kappa shape index (κ2) is 4.62. The van der Waals surface area contributed by atoms with Crippen molar-refractivity contribution in [3.63, 3.8) is 0 Å². The Morgan fingerprint density at radius 2 is 1.50 bits per heavy atom. The number of rotatable bonds is 4. The Labute approximate surface area is 61.9 Å². The summed E-state index contributed by atoms with van der Waals surface area (Å²) in [5, 5.41) is 0. The standard InChI is InChI=1S/C6H18N4/c1-4(9)6(10)5(2-7)3-8/h4-6H,2-3,7-10H2,1H3. The van der Waals surface area contributed by atoms with Gasteiger partial charge in [0.05, 0.1) is 0 Å². The minimum atomic E-state index is -0.0741. The zero-order valence-corrected chi connectivity index (χ0v) is 6.46. The second-order valence-corrected chi connectivity index (χ2v) is 2.67. The van der Waals surface area contributed by atoms with Crippen LogP contribution < -0.4 is 22.9 Å². The lowest BCUT2D eigenvalue weighted by atomic mass is 9.96. The highest BCUT2D eigenvalue weighted by Gasteiger charge is 2.17. The minimum absolute atomic E-state index is 0.0305. The van der Waals surface area contributed by atoms with Crippen molar-refractivity contribution in [1.29, 1.82) is 0 Å². The smallest absolute Gasteiger partial charge is 0.0242 e. The fourth-order valence-corrected chi connectivity index (χ4v) is 0.840. The van der Waals surface area contributed by atoms with Gasteiger partial charge < -0.3 is 22.9 Å². The van der Waals surface area contributed by atoms with Gasteiger partial charge in [0.25, 0.3) is 0 Å². The van der Waals surface area contributed by atoms with Gasteiger partial charge in [-0.3, -0.25) is 0 Å². The van der Waals surface area contributed by atoms with Gasteiger partial charge in [0.1, 0.15) is 0 Å². The van der Waals surface area contributed by atoms with Gasteiger partial charge in [-0.05, 0) is 25.9 Å². The number of nitrogens with two attached hydrogens (primary N) is 4. The molecule has 0 heterocycles. The molecule has 0 saturated heterocycles. The Balaban J connectivity index is 3.76. The molecule has 4 nitrogen and oxygen atoms in total. The molecular formula is C6H18N4. The molecule has 0 aliphatic heterocycles. The fourth-order valence-electron chi connectivity index (χ4n) is 0.840. The molecule has 8 N–H and O–H groups in total. The van der Waals surface area contributed by atoms with Crippen molar-refractivity contribution in [2.24, 2.45) is 28.9 Å². The lowest BCUT2D eigenvalue weighted by molar-refractivity contribution is 0.392. The van der Waals surface area contributed by atoms with E-state index in [4.69, 9.17) is 22.9 Å². The predicted octanol–water partition coefficient (Wildman–Crippen LogP) is -1.81. The van der Waals surface area contributed by atoms with Crippen LogP contribution in [0.15, 0.2) is 0 Å². The topological polar surface area (TPSA) is 104 Å². The molecule has 4 heteroatoms. The minimum Gasteiger partial charge on any atom is -0.330 e. The van der Waals surface area contributed by atoms with E-state index in [0.717, 1.165) is 0 Å². The highest BCUT2D eigenvalue weighted by molar-refractivity contribution is 4.80. The summed E-state index contributed by atoms with van der Waals surface area (Å²) < 4.78 is 0. The van der Waals surface area contributed by atoms with Crippen LogP contribution in [0.4, 0.5) is 0 Å². The summed E-state index contributed by atoms with van der Waals surface area (Å²) in [5.41, 5.74) is 22.1. The van der Waals surface area contributed by atoms with Crippen LogP contribution >= 0.6 is 0 Å². The van der Waals surface area contributed by atoms with Crippen molar-refractivity contribution in [3.8, 4) is 0 Å². The third-order valence-corrected chi connectivity index (χ3v) is 1.76. The Bertz CT molecular complexity index is 79.8. The van der Waals surface area contributed by atoms with Gasteiger partial charge in [-0.2, -0.15) is 0 Å². The van der Waals surface area contributed by atoms with Crippen molar-refractivity contribution in [2.75, 3.05) is 13.1 Å². The first-order valence-corrected chi connectivity index (χ1v) is 3.54. The molecular weight excluding hydrogens is 128 g/mol. The van der Waals surface area contributed by atoms with E-state index in [9.17, 15) is 0 Å². The van der Waals surface area contributed by atoms with E-state index in [-0.39, 0.29) is 18.0 Å². The van der Waals surface area contributed by atoms with Crippen LogP contribution in [0.5, 0.6) is 0 Å². The van der Waals surface area contributed by atoms with Gasteiger partial charge >= 0.3 is 0 Å². The molecule has 0 amide bonds. The van der Waals surface area contributed by atoms with Crippen molar-refractivity contribution < 1.29 is 0 Å². The van der Waals surface area contributed by atoms with Crippen LogP contribution in [0.3, 0.4) is 0 Å². The molecule has 0 rings (SSSR count). The quantitative estimate of drug-likeness (QED) is 0.375. The lowest BCUT2D eigenvalue weighted by Crippen LogP contribution is -2.49. The van der Waals surface area contributed by atoms with E-state index in [0.29, 0.717) is 13.1 Å². The maximum absolute atomic E-state index is 5.70. The third kappa shape index (κ3) is 2.62. The van der Waals surface area contributed by atoms with Crippen molar-refractivity contribution >= 4 is 0 Å². The van der Waals surface area contributed by atoms with Crippen LogP contribution in [0.1, 0.15) is 6.92 Å². The first-order valence-electron chi connectivity index (χ1n) is 3.54. The molecule has 10 heavy (non-hydrogen) atoms. The molecule has 0 bridgehead atoms. The molecule has 2 unspecified atom stereocenters. The molecule has 0 aliphatic carbocycles. The summed E-state index contributed by atoms with van der Waals surface area (Å²) in [4.78, 5) is 0. The molecule has 0 saturated carbocycles. The van der Waals surface area contributed by atoms with Crippen LogP contribution in [-0.4, -0.2) is 25.2 Å². The monoisotopic (exact) mass is 146 g/mol. The van der Waals surface area contributed by atoms with E-state index in [1.54, 1.807) is 0 Å². The maximum atomic E-state index is 5.70. The van der Waals surface area contributed by atoms with Gasteiger partial charge in [0.2, 0.25) is 0 Å². The number of hydrogen-bond acceptors (Lipinski definition) is 4. The average molecular weight is 146 g/mol. The molecule has 2 atom stereocenters. The zero-order chi connectivity index (χ0) is 8.15. The Morgan fingerprint density at radius 1 is 1.10 bits per heavy atom. The molecule has 0 radical (unpaired) electrons. The first kappa shape index (κ1) is 9.84.